The Bertz CT molecular complexity index is 1220. The molecule has 1 aliphatic heterocycles. The Kier molecular flexibility index (Phi) is 4.75. The molecule has 8 nitrogen and oxygen atoms in total. The van der Waals surface area contributed by atoms with E-state index in [4.69, 9.17) is 0 Å². The van der Waals surface area contributed by atoms with E-state index in [1.807, 2.05) is 0 Å². The van der Waals surface area contributed by atoms with E-state index in [0.29, 0.717) is 41.8 Å². The molecule has 0 atom stereocenters. The largest absolute Gasteiger partial charge is 0.322 e. The molecule has 148 valence electrons. The first-order valence-electron chi connectivity index (χ1n) is 9.46. The van der Waals surface area contributed by atoms with Crippen molar-refractivity contribution in [1.82, 2.24) is 9.55 Å². The van der Waals surface area contributed by atoms with Gasteiger partial charge in [-0.15, -0.1) is 0 Å². The number of carbonyl (C=O) groups is 2. The second kappa shape index (κ2) is 7.38. The van der Waals surface area contributed by atoms with E-state index in [-0.39, 0.29) is 11.8 Å². The van der Waals surface area contributed by atoms with Crippen LogP contribution in [-0.2, 0) is 11.3 Å². The maximum absolute atomic E-state index is 12.6. The standard InChI is InChI=1S/C21H20N4O4/c1-2-24-17-10-5-13(12-16(17)23-20(28)21(24)29)19(27)22-14-6-8-15(9-7-14)25-11-3-4-18(25)26/h5-10,12H,2-4,11H2,1H3,(H,22,27)(H,23,28). The minimum atomic E-state index is -0.719. The predicted molar refractivity (Wildman–Crippen MR) is 110 cm³/mol. The Morgan fingerprint density at radius 2 is 1.86 bits per heavy atom. The van der Waals surface area contributed by atoms with Gasteiger partial charge in [0.15, 0.2) is 0 Å². The van der Waals surface area contributed by atoms with Crippen molar-refractivity contribution < 1.29 is 9.59 Å². The second-order valence-corrected chi connectivity index (χ2v) is 6.89. The highest BCUT2D eigenvalue weighted by atomic mass is 16.2. The van der Waals surface area contributed by atoms with Gasteiger partial charge >= 0.3 is 11.1 Å². The van der Waals surface area contributed by atoms with Crippen LogP contribution in [0.5, 0.6) is 0 Å². The summed E-state index contributed by atoms with van der Waals surface area (Å²) in [6.45, 7) is 2.85. The first-order chi connectivity index (χ1) is 14.0. The van der Waals surface area contributed by atoms with Crippen LogP contribution in [0, 0.1) is 0 Å². The number of hydrogen-bond acceptors (Lipinski definition) is 4. The first kappa shape index (κ1) is 18.7. The molecule has 0 unspecified atom stereocenters. The van der Waals surface area contributed by atoms with Crippen LogP contribution in [0.2, 0.25) is 0 Å². The number of H-pyrrole nitrogens is 1. The predicted octanol–water partition coefficient (Wildman–Crippen LogP) is 2.09. The molecule has 2 aromatic carbocycles. The average Bonchev–Trinajstić information content (AvgIpc) is 3.15. The van der Waals surface area contributed by atoms with E-state index in [2.05, 4.69) is 10.3 Å². The quantitative estimate of drug-likeness (QED) is 0.664. The van der Waals surface area contributed by atoms with E-state index < -0.39 is 11.1 Å². The van der Waals surface area contributed by atoms with Crippen molar-refractivity contribution in [3.05, 3.63) is 68.7 Å². The van der Waals surface area contributed by atoms with Crippen LogP contribution in [0.3, 0.4) is 0 Å². The fourth-order valence-electron chi connectivity index (χ4n) is 3.58. The highest BCUT2D eigenvalue weighted by molar-refractivity contribution is 6.06. The van der Waals surface area contributed by atoms with Crippen molar-refractivity contribution >= 4 is 34.2 Å². The number of anilines is 2. The number of fused-ring (bicyclic) bond motifs is 1. The van der Waals surface area contributed by atoms with Crippen LogP contribution in [0.4, 0.5) is 11.4 Å². The summed E-state index contributed by atoms with van der Waals surface area (Å²) in [5.74, 6) is -0.232. The molecule has 2 amide bonds. The molecule has 0 aliphatic carbocycles. The Labute approximate surface area is 165 Å². The van der Waals surface area contributed by atoms with Gasteiger partial charge in [-0.05, 0) is 55.8 Å². The third-order valence-corrected chi connectivity index (χ3v) is 5.06. The summed E-state index contributed by atoms with van der Waals surface area (Å²) in [6, 6.07) is 11.9. The zero-order valence-corrected chi connectivity index (χ0v) is 15.9. The monoisotopic (exact) mass is 392 g/mol. The summed E-state index contributed by atoms with van der Waals surface area (Å²) in [5.41, 5.74) is 1.41. The number of rotatable bonds is 4. The molecule has 0 bridgehead atoms. The lowest BCUT2D eigenvalue weighted by atomic mass is 10.1. The molecule has 4 rings (SSSR count). The molecule has 29 heavy (non-hydrogen) atoms. The summed E-state index contributed by atoms with van der Waals surface area (Å²) in [6.07, 6.45) is 1.42. The minimum absolute atomic E-state index is 0.109. The molecule has 0 saturated carbocycles. The number of hydrogen-bond donors (Lipinski definition) is 2. The van der Waals surface area contributed by atoms with Gasteiger partial charge in [0.25, 0.3) is 5.91 Å². The molecule has 1 fully saturated rings. The molecule has 1 aliphatic rings. The molecule has 3 aromatic rings. The minimum Gasteiger partial charge on any atom is -0.322 e. The van der Waals surface area contributed by atoms with Crippen molar-refractivity contribution in [1.29, 1.82) is 0 Å². The average molecular weight is 392 g/mol. The summed E-state index contributed by atoms with van der Waals surface area (Å²) in [4.78, 5) is 52.5. The number of benzene rings is 2. The number of amides is 2. The molecule has 1 saturated heterocycles. The van der Waals surface area contributed by atoms with Crippen LogP contribution in [0.25, 0.3) is 11.0 Å². The Morgan fingerprint density at radius 3 is 2.52 bits per heavy atom. The van der Waals surface area contributed by atoms with E-state index in [9.17, 15) is 19.2 Å². The van der Waals surface area contributed by atoms with Gasteiger partial charge in [-0.25, -0.2) is 0 Å². The first-order valence-corrected chi connectivity index (χ1v) is 9.46. The van der Waals surface area contributed by atoms with Gasteiger partial charge in [-0.2, -0.15) is 0 Å². The van der Waals surface area contributed by atoms with Gasteiger partial charge < -0.3 is 19.8 Å². The number of carbonyl (C=O) groups excluding carboxylic acids is 2. The van der Waals surface area contributed by atoms with Crippen molar-refractivity contribution in [2.75, 3.05) is 16.8 Å². The molecule has 0 spiro atoms. The Hall–Kier alpha value is -3.68. The van der Waals surface area contributed by atoms with E-state index in [0.717, 1.165) is 12.1 Å². The molecule has 1 aromatic heterocycles. The maximum Gasteiger partial charge on any atom is 0.316 e. The zero-order chi connectivity index (χ0) is 20.5. The third-order valence-electron chi connectivity index (χ3n) is 5.06. The lowest BCUT2D eigenvalue weighted by Gasteiger charge is -2.16. The highest BCUT2D eigenvalue weighted by Crippen LogP contribution is 2.23. The molecule has 8 heteroatoms. The molecule has 2 N–H and O–H groups in total. The van der Waals surface area contributed by atoms with Gasteiger partial charge in [-0.3, -0.25) is 19.2 Å². The van der Waals surface area contributed by atoms with Crippen LogP contribution in [0.15, 0.2) is 52.1 Å². The lowest BCUT2D eigenvalue weighted by Crippen LogP contribution is -2.36. The molecule has 2 heterocycles. The van der Waals surface area contributed by atoms with Gasteiger partial charge in [0.2, 0.25) is 5.91 Å². The molecular weight excluding hydrogens is 372 g/mol. The number of nitrogens with zero attached hydrogens (tertiary/aromatic N) is 2. The van der Waals surface area contributed by atoms with Crippen LogP contribution in [0.1, 0.15) is 30.1 Å². The number of aromatic amines is 1. The van der Waals surface area contributed by atoms with Crippen molar-refractivity contribution in [2.45, 2.75) is 26.3 Å². The van der Waals surface area contributed by atoms with Gasteiger partial charge in [-0.1, -0.05) is 0 Å². The smallest absolute Gasteiger partial charge is 0.316 e. The third kappa shape index (κ3) is 3.44. The topological polar surface area (TPSA) is 104 Å². The summed E-state index contributed by atoms with van der Waals surface area (Å²) >= 11 is 0. The van der Waals surface area contributed by atoms with Gasteiger partial charge in [0.05, 0.1) is 11.0 Å². The van der Waals surface area contributed by atoms with Crippen molar-refractivity contribution in [2.24, 2.45) is 0 Å². The maximum atomic E-state index is 12.6. The summed E-state index contributed by atoms with van der Waals surface area (Å²) in [7, 11) is 0. The number of nitrogens with one attached hydrogen (secondary N) is 2. The Balaban J connectivity index is 1.57. The Morgan fingerprint density at radius 1 is 1.10 bits per heavy atom. The highest BCUT2D eigenvalue weighted by Gasteiger charge is 2.21. The summed E-state index contributed by atoms with van der Waals surface area (Å²) < 4.78 is 1.37. The lowest BCUT2D eigenvalue weighted by molar-refractivity contribution is -0.117. The van der Waals surface area contributed by atoms with E-state index in [1.54, 1.807) is 54.3 Å². The second-order valence-electron chi connectivity index (χ2n) is 6.89. The van der Waals surface area contributed by atoms with E-state index in [1.165, 1.54) is 4.57 Å². The van der Waals surface area contributed by atoms with Gasteiger partial charge in [0.1, 0.15) is 0 Å². The van der Waals surface area contributed by atoms with Crippen molar-refractivity contribution in [3.63, 3.8) is 0 Å². The molecular formula is C21H20N4O4. The zero-order valence-electron chi connectivity index (χ0n) is 15.9. The van der Waals surface area contributed by atoms with Crippen LogP contribution >= 0.6 is 0 Å². The molecule has 0 radical (unpaired) electrons. The van der Waals surface area contributed by atoms with Crippen molar-refractivity contribution in [3.8, 4) is 0 Å². The fourth-order valence-corrected chi connectivity index (χ4v) is 3.58. The van der Waals surface area contributed by atoms with Crippen LogP contribution < -0.4 is 21.3 Å². The summed E-state index contributed by atoms with van der Waals surface area (Å²) in [5, 5.41) is 2.80. The number of aryl methyl sites for hydroxylation is 1. The SMILES string of the molecule is CCn1c(=O)c(=O)[nH]c2cc(C(=O)Nc3ccc(N4CCCC4=O)cc3)ccc21. The fraction of sp³-hybridized carbons (Fsp3) is 0.238. The van der Waals surface area contributed by atoms with Gasteiger partial charge in [0, 0.05) is 36.4 Å². The normalized spacial score (nSPS) is 13.8. The van der Waals surface area contributed by atoms with Crippen LogP contribution in [-0.4, -0.2) is 27.9 Å². The number of aromatic nitrogens is 2. The van der Waals surface area contributed by atoms with E-state index >= 15 is 0 Å².